The maximum Gasteiger partial charge on any atom is 0.204 e. The fourth-order valence-electron chi connectivity index (χ4n) is 3.73. The molecule has 144 valence electrons. The van der Waals surface area contributed by atoms with E-state index >= 15 is 0 Å². The van der Waals surface area contributed by atoms with Gasteiger partial charge in [-0.2, -0.15) is 0 Å². The molecular weight excluding hydrogens is 380 g/mol. The molecule has 0 amide bonds. The van der Waals surface area contributed by atoms with Crippen LogP contribution in [-0.2, 0) is 0 Å². The molecule has 2 nitrogen and oxygen atoms in total. The van der Waals surface area contributed by atoms with Gasteiger partial charge >= 0.3 is 0 Å². The number of carbonyl (C=O) groups excluding carboxylic acids is 2. The number of allylic oxidation sites excluding steroid dienone is 8. The van der Waals surface area contributed by atoms with Crippen LogP contribution < -0.4 is 0 Å². The number of benzene rings is 2. The van der Waals surface area contributed by atoms with E-state index in [1.165, 1.54) is 0 Å². The lowest BCUT2D eigenvalue weighted by molar-refractivity contribution is 0.101. The van der Waals surface area contributed by atoms with Gasteiger partial charge in [0.25, 0.3) is 0 Å². The molecule has 29 heavy (non-hydrogen) atoms. The molecule has 2 aliphatic rings. The maximum absolute atomic E-state index is 13.0. The Morgan fingerprint density at radius 3 is 1.66 bits per heavy atom. The monoisotopic (exact) mass is 400 g/mol. The predicted octanol–water partition coefficient (Wildman–Crippen LogP) is 6.64. The normalized spacial score (nSPS) is 19.0. The van der Waals surface area contributed by atoms with E-state index in [2.05, 4.69) is 0 Å². The summed E-state index contributed by atoms with van der Waals surface area (Å²) in [5, 5.41) is 0.207. The van der Waals surface area contributed by atoms with Gasteiger partial charge in [-0.15, -0.1) is 0 Å². The molecular formula is C26H21ClO2. The summed E-state index contributed by atoms with van der Waals surface area (Å²) in [4.78, 5) is 25.3. The summed E-state index contributed by atoms with van der Waals surface area (Å²) < 4.78 is 0. The minimum atomic E-state index is -0.260. The standard InChI is InChI=1S/C26H21ClO2/c1-26(2,3)22-14-16(18-8-4-6-10-20(18)24(22)28)12-13-17-15-23(27)25(29)21-11-7-5-9-19(17)21/h4-15H,1-3H3/b16-12-,17-13-. The van der Waals surface area contributed by atoms with Gasteiger partial charge < -0.3 is 0 Å². The molecule has 0 atom stereocenters. The number of hydrogen-bond donors (Lipinski definition) is 0. The number of halogens is 1. The van der Waals surface area contributed by atoms with Crippen molar-refractivity contribution in [3.63, 3.8) is 0 Å². The lowest BCUT2D eigenvalue weighted by atomic mass is 9.75. The van der Waals surface area contributed by atoms with Crippen molar-refractivity contribution in [1.82, 2.24) is 0 Å². The Hall–Kier alpha value is -2.97. The lowest BCUT2D eigenvalue weighted by Crippen LogP contribution is -2.22. The van der Waals surface area contributed by atoms with Gasteiger partial charge in [0, 0.05) is 16.7 Å². The summed E-state index contributed by atoms with van der Waals surface area (Å²) in [6.45, 7) is 6.14. The van der Waals surface area contributed by atoms with Crippen LogP contribution in [-0.4, -0.2) is 11.6 Å². The van der Waals surface area contributed by atoms with Crippen molar-refractivity contribution in [1.29, 1.82) is 0 Å². The molecule has 0 radical (unpaired) electrons. The van der Waals surface area contributed by atoms with Gasteiger partial charge in [-0.25, -0.2) is 0 Å². The number of Topliss-reactive ketones (excluding diaryl/α,β-unsaturated/α-hetero) is 2. The van der Waals surface area contributed by atoms with Crippen molar-refractivity contribution >= 4 is 34.3 Å². The van der Waals surface area contributed by atoms with Crippen LogP contribution >= 0.6 is 11.6 Å². The Labute approximate surface area is 175 Å². The van der Waals surface area contributed by atoms with E-state index in [-0.39, 0.29) is 22.0 Å². The lowest BCUT2D eigenvalue weighted by Gasteiger charge is -2.27. The van der Waals surface area contributed by atoms with E-state index in [0.717, 1.165) is 33.4 Å². The van der Waals surface area contributed by atoms with Crippen LogP contribution in [0.2, 0.25) is 0 Å². The highest BCUT2D eigenvalue weighted by Crippen LogP contribution is 2.38. The Morgan fingerprint density at radius 1 is 0.690 bits per heavy atom. The second-order valence-electron chi connectivity index (χ2n) is 8.29. The van der Waals surface area contributed by atoms with Gasteiger partial charge in [-0.3, -0.25) is 9.59 Å². The van der Waals surface area contributed by atoms with Crippen molar-refractivity contribution in [3.8, 4) is 0 Å². The third kappa shape index (κ3) is 3.45. The maximum atomic E-state index is 13.0. The van der Waals surface area contributed by atoms with E-state index in [1.807, 2.05) is 81.5 Å². The second-order valence-corrected chi connectivity index (χ2v) is 8.70. The molecule has 2 aromatic rings. The second kappa shape index (κ2) is 7.13. The molecule has 0 heterocycles. The summed E-state index contributed by atoms with van der Waals surface area (Å²) >= 11 is 6.19. The fraction of sp³-hybridized carbons (Fsp3) is 0.154. The zero-order valence-corrected chi connectivity index (χ0v) is 17.4. The molecule has 0 N–H and O–H groups in total. The van der Waals surface area contributed by atoms with Crippen molar-refractivity contribution < 1.29 is 9.59 Å². The van der Waals surface area contributed by atoms with Gasteiger partial charge in [0.15, 0.2) is 5.78 Å². The molecule has 4 rings (SSSR count). The summed E-state index contributed by atoms with van der Waals surface area (Å²) in [5.74, 6) is -0.0787. The van der Waals surface area contributed by atoms with Gasteiger partial charge in [-0.05, 0) is 39.8 Å². The molecule has 0 saturated heterocycles. The molecule has 3 heteroatoms. The summed E-state index contributed by atoms with van der Waals surface area (Å²) in [6.07, 6.45) is 7.65. The highest BCUT2D eigenvalue weighted by molar-refractivity contribution is 6.47. The molecule has 2 aromatic carbocycles. The zero-order chi connectivity index (χ0) is 20.8. The van der Waals surface area contributed by atoms with Crippen LogP contribution in [0.15, 0.2) is 83.4 Å². The van der Waals surface area contributed by atoms with E-state index in [1.54, 1.807) is 12.1 Å². The minimum absolute atomic E-state index is 0.0782. The molecule has 0 bridgehead atoms. The first kappa shape index (κ1) is 19.4. The first-order valence-corrected chi connectivity index (χ1v) is 9.95. The topological polar surface area (TPSA) is 34.1 Å². The van der Waals surface area contributed by atoms with Crippen LogP contribution in [0.1, 0.15) is 52.6 Å². The third-order valence-corrected chi connectivity index (χ3v) is 5.54. The van der Waals surface area contributed by atoms with Crippen LogP contribution in [0.5, 0.6) is 0 Å². The molecule has 0 aromatic heterocycles. The highest BCUT2D eigenvalue weighted by atomic mass is 35.5. The first-order chi connectivity index (χ1) is 13.8. The van der Waals surface area contributed by atoms with Gasteiger partial charge in [0.2, 0.25) is 5.78 Å². The van der Waals surface area contributed by atoms with Crippen LogP contribution in [0.3, 0.4) is 0 Å². The molecule has 0 fully saturated rings. The molecule has 0 spiro atoms. The van der Waals surface area contributed by atoms with Gasteiger partial charge in [0.1, 0.15) is 0 Å². The third-order valence-electron chi connectivity index (χ3n) is 5.26. The predicted molar refractivity (Wildman–Crippen MR) is 119 cm³/mol. The van der Waals surface area contributed by atoms with E-state index in [9.17, 15) is 9.59 Å². The molecule has 0 unspecified atom stereocenters. The number of rotatable bonds is 1. The fourth-order valence-corrected chi connectivity index (χ4v) is 3.95. The van der Waals surface area contributed by atoms with E-state index in [4.69, 9.17) is 11.6 Å². The zero-order valence-electron chi connectivity index (χ0n) is 16.6. The van der Waals surface area contributed by atoms with Crippen molar-refractivity contribution in [3.05, 3.63) is 106 Å². The van der Waals surface area contributed by atoms with Crippen LogP contribution in [0.25, 0.3) is 11.1 Å². The number of hydrogen-bond acceptors (Lipinski definition) is 2. The first-order valence-electron chi connectivity index (χ1n) is 9.57. The number of ketones is 2. The molecule has 2 aliphatic carbocycles. The van der Waals surface area contributed by atoms with Crippen molar-refractivity contribution in [2.75, 3.05) is 0 Å². The number of carbonyl (C=O) groups is 2. The summed E-state index contributed by atoms with van der Waals surface area (Å²) in [5.41, 5.74) is 5.47. The minimum Gasteiger partial charge on any atom is -0.289 e. The average Bonchev–Trinajstić information content (AvgIpc) is 2.70. The van der Waals surface area contributed by atoms with Crippen molar-refractivity contribution in [2.24, 2.45) is 5.41 Å². The van der Waals surface area contributed by atoms with E-state index < -0.39 is 0 Å². The molecule has 0 saturated carbocycles. The van der Waals surface area contributed by atoms with Gasteiger partial charge in [-0.1, -0.05) is 93.1 Å². The summed E-state index contributed by atoms with van der Waals surface area (Å²) in [7, 11) is 0. The Kier molecular flexibility index (Phi) is 4.76. The van der Waals surface area contributed by atoms with Crippen molar-refractivity contribution in [2.45, 2.75) is 20.8 Å². The summed E-state index contributed by atoms with van der Waals surface area (Å²) in [6, 6.07) is 15.1. The largest absolute Gasteiger partial charge is 0.289 e. The number of fused-ring (bicyclic) bond motifs is 2. The van der Waals surface area contributed by atoms with Crippen LogP contribution in [0.4, 0.5) is 0 Å². The SMILES string of the molecule is CC(C)(C)C1=C/C(=C/C=C2/C=C(Cl)C(=O)c3ccccc32)c2ccccc2C1=O. The Morgan fingerprint density at radius 2 is 1.14 bits per heavy atom. The molecule has 0 aliphatic heterocycles. The van der Waals surface area contributed by atoms with Gasteiger partial charge in [0.05, 0.1) is 5.03 Å². The highest BCUT2D eigenvalue weighted by Gasteiger charge is 2.30. The Balaban J connectivity index is 1.88. The quantitative estimate of drug-likeness (QED) is 0.537. The van der Waals surface area contributed by atoms with Crippen LogP contribution in [0, 0.1) is 5.41 Å². The van der Waals surface area contributed by atoms with E-state index in [0.29, 0.717) is 5.56 Å². The Bertz CT molecular complexity index is 1170. The average molecular weight is 401 g/mol. The smallest absolute Gasteiger partial charge is 0.204 e.